The van der Waals surface area contributed by atoms with Crippen LogP contribution in [0.3, 0.4) is 0 Å². The molecule has 4 nitrogen and oxygen atoms in total. The monoisotopic (exact) mass is 253 g/mol. The van der Waals surface area contributed by atoms with Gasteiger partial charge in [0, 0.05) is 18.8 Å². The maximum absolute atomic E-state index is 8.99. The van der Waals surface area contributed by atoms with Gasteiger partial charge in [-0.3, -0.25) is 0 Å². The molecule has 0 saturated heterocycles. The molecule has 0 radical (unpaired) electrons. The maximum Gasteiger partial charge on any atom is 0.146 e. The van der Waals surface area contributed by atoms with Crippen LogP contribution in [0.5, 0.6) is 0 Å². The van der Waals surface area contributed by atoms with Gasteiger partial charge in [0.1, 0.15) is 16.9 Å². The van der Waals surface area contributed by atoms with Crippen LogP contribution in [0.1, 0.15) is 25.8 Å². The van der Waals surface area contributed by atoms with Crippen molar-refractivity contribution in [1.29, 1.82) is 5.26 Å². The van der Waals surface area contributed by atoms with E-state index in [1.807, 2.05) is 6.07 Å². The summed E-state index contributed by atoms with van der Waals surface area (Å²) in [5, 5.41) is 21.3. The first-order valence-electron chi connectivity index (χ1n) is 5.52. The van der Waals surface area contributed by atoms with Crippen LogP contribution >= 0.6 is 11.6 Å². The fraction of sp³-hybridized carbons (Fsp3) is 0.500. The van der Waals surface area contributed by atoms with Crippen LogP contribution in [-0.2, 0) is 0 Å². The summed E-state index contributed by atoms with van der Waals surface area (Å²) in [6, 6.07) is 3.66. The molecular weight excluding hydrogens is 238 g/mol. The van der Waals surface area contributed by atoms with E-state index >= 15 is 0 Å². The molecule has 1 rings (SSSR count). The molecule has 1 atom stereocenters. The van der Waals surface area contributed by atoms with Crippen molar-refractivity contribution in [1.82, 2.24) is 4.98 Å². The van der Waals surface area contributed by atoms with Gasteiger partial charge >= 0.3 is 0 Å². The molecule has 92 valence electrons. The predicted octanol–water partition coefficient (Wildman–Crippen LogP) is 2.43. The van der Waals surface area contributed by atoms with Crippen molar-refractivity contribution in [3.05, 3.63) is 22.8 Å². The Kier molecular flexibility index (Phi) is 5.20. The summed E-state index contributed by atoms with van der Waals surface area (Å²) in [6.45, 7) is 4.20. The summed E-state index contributed by atoms with van der Waals surface area (Å²) in [6.07, 6.45) is 2.16. The van der Waals surface area contributed by atoms with Gasteiger partial charge in [0.2, 0.25) is 0 Å². The molecular formula is C12H16ClN3O. The number of hydrogen-bond acceptors (Lipinski definition) is 4. The van der Waals surface area contributed by atoms with Crippen LogP contribution in [0.15, 0.2) is 12.3 Å². The number of nitriles is 1. The van der Waals surface area contributed by atoms with Gasteiger partial charge in [-0.25, -0.2) is 4.98 Å². The number of nitrogens with one attached hydrogen (secondary N) is 1. The molecule has 0 spiro atoms. The lowest BCUT2D eigenvalue weighted by Crippen LogP contribution is -2.27. The number of pyridine rings is 1. The maximum atomic E-state index is 8.99. The van der Waals surface area contributed by atoms with Crippen molar-refractivity contribution in [2.24, 2.45) is 5.92 Å². The van der Waals surface area contributed by atoms with Gasteiger partial charge in [-0.2, -0.15) is 5.26 Å². The van der Waals surface area contributed by atoms with E-state index in [2.05, 4.69) is 24.1 Å². The molecule has 0 fully saturated rings. The second-order valence-corrected chi connectivity index (χ2v) is 4.52. The molecule has 17 heavy (non-hydrogen) atoms. The Bertz CT molecular complexity index is 415. The van der Waals surface area contributed by atoms with E-state index in [0.717, 1.165) is 0 Å². The first-order valence-corrected chi connectivity index (χ1v) is 5.90. The summed E-state index contributed by atoms with van der Waals surface area (Å²) in [5.41, 5.74) is 0.399. The number of anilines is 1. The van der Waals surface area contributed by atoms with Crippen molar-refractivity contribution in [3.8, 4) is 6.07 Å². The van der Waals surface area contributed by atoms with Crippen LogP contribution in [0.2, 0.25) is 5.02 Å². The third-order valence-corrected chi connectivity index (χ3v) is 2.96. The molecule has 0 aliphatic rings. The van der Waals surface area contributed by atoms with Crippen molar-refractivity contribution >= 4 is 17.4 Å². The SMILES string of the molecule is CC(C)C(CCO)Nc1nccc(C#N)c1Cl. The van der Waals surface area contributed by atoms with Gasteiger partial charge in [-0.05, 0) is 18.4 Å². The first-order chi connectivity index (χ1) is 8.10. The smallest absolute Gasteiger partial charge is 0.146 e. The van der Waals surface area contributed by atoms with Gasteiger partial charge in [-0.15, -0.1) is 0 Å². The molecule has 0 saturated carbocycles. The van der Waals surface area contributed by atoms with Crippen molar-refractivity contribution in [2.75, 3.05) is 11.9 Å². The van der Waals surface area contributed by atoms with Crippen LogP contribution in [0.4, 0.5) is 5.82 Å². The second-order valence-electron chi connectivity index (χ2n) is 4.14. The quantitative estimate of drug-likeness (QED) is 0.846. The number of aliphatic hydroxyl groups is 1. The predicted molar refractivity (Wildman–Crippen MR) is 67.9 cm³/mol. The van der Waals surface area contributed by atoms with Crippen molar-refractivity contribution in [3.63, 3.8) is 0 Å². The van der Waals surface area contributed by atoms with E-state index in [0.29, 0.717) is 28.7 Å². The van der Waals surface area contributed by atoms with Gasteiger partial charge in [0.15, 0.2) is 0 Å². The highest BCUT2D eigenvalue weighted by atomic mass is 35.5. The average Bonchev–Trinajstić information content (AvgIpc) is 2.30. The van der Waals surface area contributed by atoms with E-state index in [4.69, 9.17) is 22.0 Å². The van der Waals surface area contributed by atoms with E-state index in [9.17, 15) is 0 Å². The summed E-state index contributed by atoms with van der Waals surface area (Å²) in [5.74, 6) is 0.837. The number of aliphatic hydroxyl groups excluding tert-OH is 1. The Morgan fingerprint density at radius 2 is 2.29 bits per heavy atom. The molecule has 0 aromatic carbocycles. The normalized spacial score (nSPS) is 12.2. The van der Waals surface area contributed by atoms with E-state index in [1.54, 1.807) is 12.3 Å². The van der Waals surface area contributed by atoms with Gasteiger partial charge in [0.05, 0.1) is 5.56 Å². The number of nitrogens with zero attached hydrogens (tertiary/aromatic N) is 2. The Hall–Kier alpha value is -1.31. The highest BCUT2D eigenvalue weighted by molar-refractivity contribution is 6.34. The van der Waals surface area contributed by atoms with Crippen LogP contribution in [0, 0.1) is 17.2 Å². The highest BCUT2D eigenvalue weighted by Crippen LogP contribution is 2.25. The zero-order valence-corrected chi connectivity index (χ0v) is 10.7. The Labute approximate surface area is 106 Å². The third kappa shape index (κ3) is 3.58. The summed E-state index contributed by atoms with van der Waals surface area (Å²) >= 11 is 6.05. The lowest BCUT2D eigenvalue weighted by molar-refractivity contribution is 0.267. The minimum Gasteiger partial charge on any atom is -0.396 e. The number of rotatable bonds is 5. The summed E-state index contributed by atoms with van der Waals surface area (Å²) < 4.78 is 0. The van der Waals surface area contributed by atoms with Gasteiger partial charge < -0.3 is 10.4 Å². The highest BCUT2D eigenvalue weighted by Gasteiger charge is 2.15. The number of halogens is 1. The third-order valence-electron chi connectivity index (χ3n) is 2.58. The van der Waals surface area contributed by atoms with Crippen molar-refractivity contribution in [2.45, 2.75) is 26.3 Å². The zero-order valence-electron chi connectivity index (χ0n) is 9.94. The molecule has 1 aromatic rings. The molecule has 0 aliphatic heterocycles. The van der Waals surface area contributed by atoms with E-state index in [1.165, 1.54) is 0 Å². The molecule has 1 unspecified atom stereocenters. The Morgan fingerprint density at radius 1 is 1.59 bits per heavy atom. The molecule has 5 heteroatoms. The lowest BCUT2D eigenvalue weighted by atomic mass is 10.0. The average molecular weight is 254 g/mol. The minimum atomic E-state index is 0.0824. The number of hydrogen-bond donors (Lipinski definition) is 2. The van der Waals surface area contributed by atoms with Crippen LogP contribution in [-0.4, -0.2) is 22.7 Å². The Balaban J connectivity index is 2.90. The molecule has 0 amide bonds. The fourth-order valence-electron chi connectivity index (χ4n) is 1.52. The summed E-state index contributed by atoms with van der Waals surface area (Å²) in [4.78, 5) is 4.12. The molecule has 2 N–H and O–H groups in total. The molecule has 0 aliphatic carbocycles. The topological polar surface area (TPSA) is 68.9 Å². The van der Waals surface area contributed by atoms with Gasteiger partial charge in [0.25, 0.3) is 0 Å². The standard InChI is InChI=1S/C12H16ClN3O/c1-8(2)10(4-6-17)16-12-11(13)9(7-14)3-5-15-12/h3,5,8,10,17H,4,6H2,1-2H3,(H,15,16). The first kappa shape index (κ1) is 13.8. The van der Waals surface area contributed by atoms with E-state index < -0.39 is 0 Å². The van der Waals surface area contributed by atoms with Gasteiger partial charge in [-0.1, -0.05) is 25.4 Å². The van der Waals surface area contributed by atoms with E-state index in [-0.39, 0.29) is 12.6 Å². The number of aromatic nitrogens is 1. The molecule has 1 aromatic heterocycles. The zero-order chi connectivity index (χ0) is 12.8. The van der Waals surface area contributed by atoms with Crippen LogP contribution < -0.4 is 5.32 Å². The minimum absolute atomic E-state index is 0.0824. The molecule has 1 heterocycles. The second kappa shape index (κ2) is 6.43. The van der Waals surface area contributed by atoms with Crippen LogP contribution in [0.25, 0.3) is 0 Å². The fourth-order valence-corrected chi connectivity index (χ4v) is 1.73. The largest absolute Gasteiger partial charge is 0.396 e. The lowest BCUT2D eigenvalue weighted by Gasteiger charge is -2.22. The Morgan fingerprint density at radius 3 is 2.82 bits per heavy atom. The summed E-state index contributed by atoms with van der Waals surface area (Å²) in [7, 11) is 0. The van der Waals surface area contributed by atoms with Crippen molar-refractivity contribution < 1.29 is 5.11 Å². The molecule has 0 bridgehead atoms.